The summed E-state index contributed by atoms with van der Waals surface area (Å²) in [4.78, 5) is 6.93. The van der Waals surface area contributed by atoms with Gasteiger partial charge in [0, 0.05) is 0 Å². The molecule has 1 aromatic rings. The standard InChI is InChI=1S/C7H8BrN3/c1-2-3-5-6(4-9)11-7(8)10-5/h2-3H2,1H3,(H,10,11). The van der Waals surface area contributed by atoms with Crippen LogP contribution in [0.3, 0.4) is 0 Å². The quantitative estimate of drug-likeness (QED) is 0.818. The summed E-state index contributed by atoms with van der Waals surface area (Å²) in [5.41, 5.74) is 1.42. The van der Waals surface area contributed by atoms with Gasteiger partial charge in [-0.2, -0.15) is 5.26 Å². The van der Waals surface area contributed by atoms with E-state index < -0.39 is 0 Å². The fourth-order valence-electron chi connectivity index (χ4n) is 0.901. The van der Waals surface area contributed by atoms with Crippen LogP contribution in [0.25, 0.3) is 0 Å². The molecule has 1 N–H and O–H groups in total. The summed E-state index contributed by atoms with van der Waals surface area (Å²) in [5.74, 6) is 0. The van der Waals surface area contributed by atoms with Crippen LogP contribution in [0.15, 0.2) is 4.73 Å². The van der Waals surface area contributed by atoms with E-state index in [9.17, 15) is 0 Å². The van der Waals surface area contributed by atoms with Crippen LogP contribution in [0.2, 0.25) is 0 Å². The second-order valence-electron chi connectivity index (χ2n) is 2.22. The number of nitrogens with one attached hydrogen (secondary N) is 1. The van der Waals surface area contributed by atoms with Crippen LogP contribution in [0.5, 0.6) is 0 Å². The molecular weight excluding hydrogens is 206 g/mol. The molecule has 0 saturated heterocycles. The molecule has 0 saturated carbocycles. The number of hydrogen-bond acceptors (Lipinski definition) is 2. The summed E-state index contributed by atoms with van der Waals surface area (Å²) in [6.45, 7) is 2.07. The topological polar surface area (TPSA) is 52.5 Å². The average Bonchev–Trinajstić information content (AvgIpc) is 2.32. The Morgan fingerprint density at radius 1 is 1.73 bits per heavy atom. The minimum Gasteiger partial charge on any atom is -0.335 e. The fourth-order valence-corrected chi connectivity index (χ4v) is 1.32. The highest BCUT2D eigenvalue weighted by Crippen LogP contribution is 2.11. The molecule has 1 aromatic heterocycles. The van der Waals surface area contributed by atoms with Crippen molar-refractivity contribution in [1.82, 2.24) is 9.97 Å². The predicted octanol–water partition coefficient (Wildman–Crippen LogP) is 2.00. The van der Waals surface area contributed by atoms with Gasteiger partial charge in [-0.15, -0.1) is 0 Å². The number of hydrogen-bond donors (Lipinski definition) is 1. The van der Waals surface area contributed by atoms with Crippen LogP contribution in [0.4, 0.5) is 0 Å². The minimum absolute atomic E-state index is 0.499. The minimum atomic E-state index is 0.499. The number of imidazole rings is 1. The number of aromatic amines is 1. The van der Waals surface area contributed by atoms with E-state index in [4.69, 9.17) is 5.26 Å². The highest BCUT2D eigenvalue weighted by Gasteiger charge is 2.05. The molecule has 0 aliphatic heterocycles. The van der Waals surface area contributed by atoms with Gasteiger partial charge in [0.2, 0.25) is 0 Å². The third kappa shape index (κ3) is 1.81. The van der Waals surface area contributed by atoms with Crippen molar-refractivity contribution >= 4 is 15.9 Å². The SMILES string of the molecule is CCCc1[nH]c(Br)nc1C#N. The molecule has 0 bridgehead atoms. The molecule has 0 unspecified atom stereocenters. The summed E-state index contributed by atoms with van der Waals surface area (Å²) >= 11 is 3.18. The van der Waals surface area contributed by atoms with E-state index in [1.165, 1.54) is 0 Å². The number of aryl methyl sites for hydroxylation is 1. The van der Waals surface area contributed by atoms with Gasteiger partial charge in [0.25, 0.3) is 0 Å². The van der Waals surface area contributed by atoms with Gasteiger partial charge in [-0.1, -0.05) is 13.3 Å². The van der Waals surface area contributed by atoms with Gasteiger partial charge in [0.1, 0.15) is 6.07 Å². The van der Waals surface area contributed by atoms with Crippen molar-refractivity contribution in [2.75, 3.05) is 0 Å². The molecule has 0 aliphatic rings. The molecule has 3 nitrogen and oxygen atoms in total. The summed E-state index contributed by atoms with van der Waals surface area (Å²) in [6, 6.07) is 2.03. The molecule has 0 amide bonds. The Balaban J connectivity index is 2.95. The van der Waals surface area contributed by atoms with Crippen molar-refractivity contribution < 1.29 is 0 Å². The van der Waals surface area contributed by atoms with Crippen LogP contribution < -0.4 is 0 Å². The lowest BCUT2D eigenvalue weighted by atomic mass is 10.2. The van der Waals surface area contributed by atoms with Gasteiger partial charge in [0.05, 0.1) is 5.69 Å². The zero-order chi connectivity index (χ0) is 8.27. The molecule has 1 heterocycles. The highest BCUT2D eigenvalue weighted by atomic mass is 79.9. The van der Waals surface area contributed by atoms with Crippen LogP contribution in [0.1, 0.15) is 24.7 Å². The Morgan fingerprint density at radius 3 is 3.00 bits per heavy atom. The largest absolute Gasteiger partial charge is 0.335 e. The summed E-state index contributed by atoms with van der Waals surface area (Å²) in [7, 11) is 0. The third-order valence-electron chi connectivity index (χ3n) is 1.36. The molecule has 0 radical (unpaired) electrons. The van der Waals surface area contributed by atoms with Crippen molar-refractivity contribution in [2.24, 2.45) is 0 Å². The average molecular weight is 214 g/mol. The Kier molecular flexibility index (Phi) is 2.66. The van der Waals surface area contributed by atoms with E-state index in [-0.39, 0.29) is 0 Å². The molecule has 1 rings (SSSR count). The van der Waals surface area contributed by atoms with Crippen LogP contribution in [0, 0.1) is 11.3 Å². The van der Waals surface area contributed by atoms with Gasteiger partial charge in [-0.25, -0.2) is 4.98 Å². The summed E-state index contributed by atoms with van der Waals surface area (Å²) in [6.07, 6.45) is 1.89. The monoisotopic (exact) mass is 213 g/mol. The molecule has 11 heavy (non-hydrogen) atoms. The Bertz CT molecular complexity index is 284. The van der Waals surface area contributed by atoms with Crippen molar-refractivity contribution in [3.63, 3.8) is 0 Å². The van der Waals surface area contributed by atoms with Gasteiger partial charge < -0.3 is 4.98 Å². The van der Waals surface area contributed by atoms with Gasteiger partial charge in [-0.3, -0.25) is 0 Å². The zero-order valence-corrected chi connectivity index (χ0v) is 7.77. The number of H-pyrrole nitrogens is 1. The second kappa shape index (κ2) is 3.54. The molecule has 0 spiro atoms. The van der Waals surface area contributed by atoms with Crippen LogP contribution >= 0.6 is 15.9 Å². The Labute approximate surface area is 73.6 Å². The first-order valence-electron chi connectivity index (χ1n) is 3.42. The molecule has 4 heteroatoms. The van der Waals surface area contributed by atoms with Gasteiger partial charge in [0.15, 0.2) is 10.4 Å². The molecular formula is C7H8BrN3. The second-order valence-corrected chi connectivity index (χ2v) is 2.97. The number of aromatic nitrogens is 2. The van der Waals surface area contributed by atoms with E-state index >= 15 is 0 Å². The van der Waals surface area contributed by atoms with Crippen LogP contribution in [-0.2, 0) is 6.42 Å². The van der Waals surface area contributed by atoms with Crippen molar-refractivity contribution in [3.8, 4) is 6.07 Å². The van der Waals surface area contributed by atoms with E-state index in [1.807, 2.05) is 6.07 Å². The van der Waals surface area contributed by atoms with Crippen LogP contribution in [-0.4, -0.2) is 9.97 Å². The first-order valence-corrected chi connectivity index (χ1v) is 4.21. The lowest BCUT2D eigenvalue weighted by Gasteiger charge is -1.90. The summed E-state index contributed by atoms with van der Waals surface area (Å²) < 4.78 is 0.637. The Hall–Kier alpha value is -0.820. The smallest absolute Gasteiger partial charge is 0.175 e. The third-order valence-corrected chi connectivity index (χ3v) is 1.73. The highest BCUT2D eigenvalue weighted by molar-refractivity contribution is 9.10. The van der Waals surface area contributed by atoms with E-state index in [1.54, 1.807) is 0 Å². The lowest BCUT2D eigenvalue weighted by Crippen LogP contribution is -1.86. The first-order chi connectivity index (χ1) is 5.27. The lowest BCUT2D eigenvalue weighted by molar-refractivity contribution is 0.886. The number of nitrogens with zero attached hydrogens (tertiary/aromatic N) is 2. The van der Waals surface area contributed by atoms with Crippen molar-refractivity contribution in [3.05, 3.63) is 16.1 Å². The first kappa shape index (κ1) is 8.28. The normalized spacial score (nSPS) is 9.55. The van der Waals surface area contributed by atoms with Gasteiger partial charge >= 0.3 is 0 Å². The number of nitriles is 1. The molecule has 0 atom stereocenters. The van der Waals surface area contributed by atoms with E-state index in [0.29, 0.717) is 10.4 Å². The molecule has 58 valence electrons. The van der Waals surface area contributed by atoms with Gasteiger partial charge in [-0.05, 0) is 22.4 Å². The summed E-state index contributed by atoms with van der Waals surface area (Å²) in [5, 5.41) is 8.61. The van der Waals surface area contributed by atoms with E-state index in [0.717, 1.165) is 18.5 Å². The number of halogens is 1. The van der Waals surface area contributed by atoms with Crippen molar-refractivity contribution in [1.29, 1.82) is 5.26 Å². The Morgan fingerprint density at radius 2 is 2.45 bits per heavy atom. The maximum absolute atomic E-state index is 8.61. The maximum Gasteiger partial charge on any atom is 0.175 e. The molecule has 0 fully saturated rings. The predicted molar refractivity (Wildman–Crippen MR) is 45.0 cm³/mol. The number of rotatable bonds is 2. The molecule has 0 aromatic carbocycles. The molecule has 0 aliphatic carbocycles. The van der Waals surface area contributed by atoms with E-state index in [2.05, 4.69) is 32.8 Å². The maximum atomic E-state index is 8.61. The zero-order valence-electron chi connectivity index (χ0n) is 6.19. The van der Waals surface area contributed by atoms with Crippen molar-refractivity contribution in [2.45, 2.75) is 19.8 Å². The fraction of sp³-hybridized carbons (Fsp3) is 0.429.